The van der Waals surface area contributed by atoms with Crippen molar-refractivity contribution in [2.45, 2.75) is 27.7 Å². The summed E-state index contributed by atoms with van der Waals surface area (Å²) in [5, 5.41) is 26.8. The van der Waals surface area contributed by atoms with Crippen LogP contribution in [0.5, 0.6) is 11.5 Å². The van der Waals surface area contributed by atoms with Crippen LogP contribution in [0.25, 0.3) is 6.08 Å². The Morgan fingerprint density at radius 1 is 0.973 bits per heavy atom. The Morgan fingerprint density at radius 2 is 1.62 bits per heavy atom. The minimum Gasteiger partial charge on any atom is -0.508 e. The van der Waals surface area contributed by atoms with Gasteiger partial charge in [-0.25, -0.2) is 5.43 Å². The highest BCUT2D eigenvalue weighted by molar-refractivity contribution is 6.05. The molecule has 4 N–H and O–H groups in total. The number of hydrazone groups is 1. The lowest BCUT2D eigenvalue weighted by molar-refractivity contribution is -0.117. The monoisotopic (exact) mass is 500 g/mol. The molecule has 0 spiro atoms. The third-order valence-corrected chi connectivity index (χ3v) is 5.99. The summed E-state index contributed by atoms with van der Waals surface area (Å²) >= 11 is 0. The summed E-state index contributed by atoms with van der Waals surface area (Å²) in [5.41, 5.74) is 5.86. The van der Waals surface area contributed by atoms with Crippen LogP contribution in [0.1, 0.15) is 46.5 Å². The van der Waals surface area contributed by atoms with Crippen LogP contribution in [-0.4, -0.2) is 41.3 Å². The van der Waals surface area contributed by atoms with Gasteiger partial charge in [0.25, 0.3) is 11.8 Å². The topological polar surface area (TPSA) is 114 Å². The number of aryl methyl sites for hydroxylation is 1. The number of amides is 2. The summed E-state index contributed by atoms with van der Waals surface area (Å²) < 4.78 is 0. The van der Waals surface area contributed by atoms with E-state index in [4.69, 9.17) is 0 Å². The number of anilines is 1. The van der Waals surface area contributed by atoms with Gasteiger partial charge in [0, 0.05) is 35.5 Å². The Bertz CT molecular complexity index is 1310. The average Bonchev–Trinajstić information content (AvgIpc) is 2.91. The number of nitrogens with one attached hydrogen (secondary N) is 2. The Balaban J connectivity index is 1.87. The van der Waals surface area contributed by atoms with Gasteiger partial charge in [-0.1, -0.05) is 30.3 Å². The molecule has 0 atom stereocenters. The number of nitrogens with zero attached hydrogens (tertiary/aromatic N) is 2. The summed E-state index contributed by atoms with van der Waals surface area (Å²) in [6, 6.07) is 17.8. The second-order valence-corrected chi connectivity index (χ2v) is 8.44. The van der Waals surface area contributed by atoms with Crippen molar-refractivity contribution in [2.75, 3.05) is 18.0 Å². The van der Waals surface area contributed by atoms with Gasteiger partial charge in [-0.05, 0) is 75.2 Å². The molecule has 0 fully saturated rings. The first-order valence-corrected chi connectivity index (χ1v) is 12.0. The molecule has 3 aromatic rings. The highest BCUT2D eigenvalue weighted by Gasteiger charge is 2.15. The molecular weight excluding hydrogens is 468 g/mol. The lowest BCUT2D eigenvalue weighted by atomic mass is 10.0. The molecule has 0 unspecified atom stereocenters. The first kappa shape index (κ1) is 27.0. The molecule has 3 aromatic carbocycles. The minimum absolute atomic E-state index is 0.00410. The normalized spacial score (nSPS) is 11.4. The fourth-order valence-corrected chi connectivity index (χ4v) is 3.76. The maximum absolute atomic E-state index is 13.0. The van der Waals surface area contributed by atoms with Gasteiger partial charge in [0.15, 0.2) is 0 Å². The number of hydrogen-bond donors (Lipinski definition) is 4. The van der Waals surface area contributed by atoms with Gasteiger partial charge in [-0.2, -0.15) is 5.10 Å². The largest absolute Gasteiger partial charge is 0.508 e. The van der Waals surface area contributed by atoms with E-state index < -0.39 is 11.8 Å². The summed E-state index contributed by atoms with van der Waals surface area (Å²) in [7, 11) is 0. The molecule has 0 saturated carbocycles. The predicted molar refractivity (Wildman–Crippen MR) is 147 cm³/mol. The zero-order valence-corrected chi connectivity index (χ0v) is 21.4. The third-order valence-electron chi connectivity index (χ3n) is 5.99. The van der Waals surface area contributed by atoms with E-state index in [9.17, 15) is 19.8 Å². The van der Waals surface area contributed by atoms with Gasteiger partial charge in [0.2, 0.25) is 0 Å². The standard InChI is InChI=1S/C29H32N4O4/c1-5-33(6-2)23-14-12-21(13-15-23)17-25(31-28(36)22-10-8-7-9-11-22)29(37)32-30-18-24-19(3)16-26(34)20(4)27(24)35/h7-18,34-35H,5-6H2,1-4H3,(H,31,36)(H,32,37)/b25-17?,30-18+. The van der Waals surface area contributed by atoms with E-state index in [1.54, 1.807) is 50.3 Å². The van der Waals surface area contributed by atoms with Crippen molar-refractivity contribution in [1.29, 1.82) is 0 Å². The summed E-state index contributed by atoms with van der Waals surface area (Å²) in [4.78, 5) is 28.0. The molecule has 0 bridgehead atoms. The van der Waals surface area contributed by atoms with Crippen LogP contribution in [0.2, 0.25) is 0 Å². The smallest absolute Gasteiger partial charge is 0.287 e. The van der Waals surface area contributed by atoms with Gasteiger partial charge in [0.05, 0.1) is 6.21 Å². The number of carbonyl (C=O) groups excluding carboxylic acids is 2. The molecule has 192 valence electrons. The van der Waals surface area contributed by atoms with Crippen LogP contribution < -0.4 is 15.6 Å². The predicted octanol–water partition coefficient (Wildman–Crippen LogP) is 4.48. The van der Waals surface area contributed by atoms with Crippen molar-refractivity contribution in [3.63, 3.8) is 0 Å². The van der Waals surface area contributed by atoms with Gasteiger partial charge in [0.1, 0.15) is 17.2 Å². The molecule has 2 amide bonds. The zero-order valence-electron chi connectivity index (χ0n) is 21.4. The third kappa shape index (κ3) is 6.76. The quantitative estimate of drug-likeness (QED) is 0.196. The molecule has 3 rings (SSSR count). The van der Waals surface area contributed by atoms with Crippen molar-refractivity contribution < 1.29 is 19.8 Å². The van der Waals surface area contributed by atoms with Gasteiger partial charge >= 0.3 is 0 Å². The average molecular weight is 501 g/mol. The van der Waals surface area contributed by atoms with Crippen molar-refractivity contribution in [2.24, 2.45) is 5.10 Å². The Morgan fingerprint density at radius 3 is 2.24 bits per heavy atom. The van der Waals surface area contributed by atoms with Crippen LogP contribution in [0.4, 0.5) is 5.69 Å². The number of carbonyl (C=O) groups is 2. The zero-order chi connectivity index (χ0) is 26.9. The molecule has 8 heteroatoms. The van der Waals surface area contributed by atoms with Crippen LogP contribution in [0, 0.1) is 13.8 Å². The second kappa shape index (κ2) is 12.4. The van der Waals surface area contributed by atoms with Crippen molar-refractivity contribution in [1.82, 2.24) is 10.7 Å². The Hall–Kier alpha value is -4.59. The lowest BCUT2D eigenvalue weighted by Crippen LogP contribution is -2.32. The molecular formula is C29H32N4O4. The minimum atomic E-state index is -0.638. The number of benzene rings is 3. The van der Waals surface area contributed by atoms with E-state index in [2.05, 4.69) is 34.6 Å². The first-order valence-electron chi connectivity index (χ1n) is 12.0. The van der Waals surface area contributed by atoms with E-state index in [1.165, 1.54) is 12.3 Å². The van der Waals surface area contributed by atoms with Crippen molar-refractivity contribution in [3.8, 4) is 11.5 Å². The molecule has 37 heavy (non-hydrogen) atoms. The van der Waals surface area contributed by atoms with Gasteiger partial charge < -0.3 is 20.4 Å². The maximum atomic E-state index is 13.0. The molecule has 0 aliphatic rings. The van der Waals surface area contributed by atoms with E-state index in [-0.39, 0.29) is 17.2 Å². The van der Waals surface area contributed by atoms with Crippen LogP contribution in [-0.2, 0) is 4.79 Å². The van der Waals surface area contributed by atoms with Gasteiger partial charge in [-0.3, -0.25) is 9.59 Å². The number of rotatable bonds is 9. The SMILES string of the molecule is CCN(CC)c1ccc(C=C(NC(=O)c2ccccc2)C(=O)N/N=C/c2c(C)cc(O)c(C)c2O)cc1. The van der Waals surface area contributed by atoms with Crippen molar-refractivity contribution in [3.05, 3.63) is 94.2 Å². The van der Waals surface area contributed by atoms with E-state index >= 15 is 0 Å². The fraction of sp³-hybridized carbons (Fsp3) is 0.207. The number of phenols is 2. The molecule has 0 aromatic heterocycles. The Labute approximate surface area is 217 Å². The molecule has 0 saturated heterocycles. The van der Waals surface area contributed by atoms with Crippen LogP contribution >= 0.6 is 0 Å². The molecule has 0 aliphatic carbocycles. The van der Waals surface area contributed by atoms with E-state index in [0.717, 1.165) is 24.3 Å². The van der Waals surface area contributed by atoms with Crippen molar-refractivity contribution >= 4 is 29.8 Å². The summed E-state index contributed by atoms with van der Waals surface area (Å²) in [5.74, 6) is -1.23. The fourth-order valence-electron chi connectivity index (χ4n) is 3.76. The first-order chi connectivity index (χ1) is 17.7. The number of hydrogen-bond acceptors (Lipinski definition) is 6. The van der Waals surface area contributed by atoms with E-state index in [0.29, 0.717) is 22.3 Å². The summed E-state index contributed by atoms with van der Waals surface area (Å²) in [6.07, 6.45) is 2.87. The van der Waals surface area contributed by atoms with Crippen LogP contribution in [0.3, 0.4) is 0 Å². The highest BCUT2D eigenvalue weighted by Crippen LogP contribution is 2.31. The summed E-state index contributed by atoms with van der Waals surface area (Å²) in [6.45, 7) is 9.20. The van der Waals surface area contributed by atoms with Gasteiger partial charge in [-0.15, -0.1) is 0 Å². The maximum Gasteiger partial charge on any atom is 0.287 e. The lowest BCUT2D eigenvalue weighted by Gasteiger charge is -2.21. The van der Waals surface area contributed by atoms with E-state index in [1.807, 2.05) is 24.3 Å². The molecule has 0 radical (unpaired) electrons. The Kier molecular flexibility index (Phi) is 9.05. The second-order valence-electron chi connectivity index (χ2n) is 8.44. The number of phenolic OH excluding ortho intramolecular Hbond substituents is 2. The van der Waals surface area contributed by atoms with Crippen LogP contribution in [0.15, 0.2) is 71.5 Å². The molecule has 8 nitrogen and oxygen atoms in total. The number of aromatic hydroxyl groups is 2. The highest BCUT2D eigenvalue weighted by atomic mass is 16.3. The molecule has 0 aliphatic heterocycles. The molecule has 0 heterocycles.